The molecule has 0 aliphatic rings. The Morgan fingerprint density at radius 1 is 1.00 bits per heavy atom. The molecule has 0 fully saturated rings. The molecule has 2 N–H and O–H groups in total. The Bertz CT molecular complexity index is 901. The molecule has 0 aliphatic carbocycles. The third kappa shape index (κ3) is 6.48. The van der Waals surface area contributed by atoms with E-state index in [-0.39, 0.29) is 6.42 Å². The average molecular weight is 479 g/mol. The standard InChI is InChI=1S/C21H23BrN2O6/c1-4-30-18-11-15(9-10-17(18)28-2)23-20(26)21(27)24-16(12-19(25)29-3)13-5-7-14(22)8-6-13/h5-11,16H,4,12H2,1-3H3,(H,23,26)(H,24,27)/t16-/m1/s1. The fourth-order valence-corrected chi connectivity index (χ4v) is 2.90. The predicted molar refractivity (Wildman–Crippen MR) is 114 cm³/mol. The van der Waals surface area contributed by atoms with Gasteiger partial charge in [0.1, 0.15) is 0 Å². The van der Waals surface area contributed by atoms with Crippen molar-refractivity contribution in [3.63, 3.8) is 0 Å². The molecule has 0 unspecified atom stereocenters. The third-order valence-electron chi connectivity index (χ3n) is 4.10. The third-order valence-corrected chi connectivity index (χ3v) is 4.63. The molecule has 1 atom stereocenters. The number of amides is 2. The van der Waals surface area contributed by atoms with E-state index in [0.29, 0.717) is 29.4 Å². The van der Waals surface area contributed by atoms with Crippen LogP contribution in [-0.4, -0.2) is 38.6 Å². The van der Waals surface area contributed by atoms with E-state index in [0.717, 1.165) is 4.47 Å². The minimum Gasteiger partial charge on any atom is -0.493 e. The summed E-state index contributed by atoms with van der Waals surface area (Å²) in [6, 6.07) is 11.1. The zero-order valence-corrected chi connectivity index (χ0v) is 18.4. The zero-order chi connectivity index (χ0) is 22.1. The highest BCUT2D eigenvalue weighted by Gasteiger charge is 2.23. The normalized spacial score (nSPS) is 11.2. The second-order valence-corrected chi connectivity index (χ2v) is 7.03. The fourth-order valence-electron chi connectivity index (χ4n) is 2.63. The Kier molecular flexibility index (Phi) is 8.67. The van der Waals surface area contributed by atoms with Crippen LogP contribution in [0.4, 0.5) is 5.69 Å². The van der Waals surface area contributed by atoms with Crippen molar-refractivity contribution >= 4 is 39.4 Å². The number of carbonyl (C=O) groups is 3. The minimum absolute atomic E-state index is 0.117. The number of benzene rings is 2. The second kappa shape index (κ2) is 11.2. The quantitative estimate of drug-likeness (QED) is 0.445. The Balaban J connectivity index is 2.12. The summed E-state index contributed by atoms with van der Waals surface area (Å²) in [6.45, 7) is 2.23. The van der Waals surface area contributed by atoms with E-state index in [9.17, 15) is 14.4 Å². The van der Waals surface area contributed by atoms with Crippen molar-refractivity contribution in [3.8, 4) is 11.5 Å². The van der Waals surface area contributed by atoms with Gasteiger partial charge in [-0.3, -0.25) is 14.4 Å². The Morgan fingerprint density at radius 3 is 2.30 bits per heavy atom. The molecule has 160 valence electrons. The first-order valence-electron chi connectivity index (χ1n) is 9.12. The van der Waals surface area contributed by atoms with Crippen LogP contribution in [0.15, 0.2) is 46.9 Å². The number of anilines is 1. The van der Waals surface area contributed by atoms with Crippen LogP contribution in [0.5, 0.6) is 11.5 Å². The number of ether oxygens (including phenoxy) is 3. The molecule has 0 saturated heterocycles. The smallest absolute Gasteiger partial charge is 0.313 e. The van der Waals surface area contributed by atoms with Gasteiger partial charge in [-0.25, -0.2) is 0 Å². The molecule has 0 aromatic heterocycles. The summed E-state index contributed by atoms with van der Waals surface area (Å²) < 4.78 is 16.2. The van der Waals surface area contributed by atoms with Gasteiger partial charge < -0.3 is 24.8 Å². The van der Waals surface area contributed by atoms with Crippen LogP contribution >= 0.6 is 15.9 Å². The minimum atomic E-state index is -0.888. The SMILES string of the molecule is CCOc1cc(NC(=O)C(=O)N[C@H](CC(=O)OC)c2ccc(Br)cc2)ccc1OC. The number of esters is 1. The molecule has 2 amide bonds. The van der Waals surface area contributed by atoms with Crippen molar-refractivity contribution in [2.45, 2.75) is 19.4 Å². The van der Waals surface area contributed by atoms with Crippen LogP contribution in [0.1, 0.15) is 24.9 Å². The van der Waals surface area contributed by atoms with Gasteiger partial charge in [-0.2, -0.15) is 0 Å². The van der Waals surface area contributed by atoms with Crippen LogP contribution in [0.2, 0.25) is 0 Å². The number of nitrogens with one attached hydrogen (secondary N) is 2. The summed E-state index contributed by atoms with van der Waals surface area (Å²) in [4.78, 5) is 36.6. The van der Waals surface area contributed by atoms with Crippen LogP contribution < -0.4 is 20.1 Å². The average Bonchev–Trinajstić information content (AvgIpc) is 2.74. The van der Waals surface area contributed by atoms with E-state index in [1.165, 1.54) is 14.2 Å². The van der Waals surface area contributed by atoms with Gasteiger partial charge in [0.25, 0.3) is 0 Å². The second-order valence-electron chi connectivity index (χ2n) is 6.11. The van der Waals surface area contributed by atoms with Crippen LogP contribution in [0.3, 0.4) is 0 Å². The van der Waals surface area contributed by atoms with Gasteiger partial charge in [0, 0.05) is 16.2 Å². The van der Waals surface area contributed by atoms with Crippen molar-refractivity contribution in [2.75, 3.05) is 26.1 Å². The zero-order valence-electron chi connectivity index (χ0n) is 16.9. The molecule has 0 saturated carbocycles. The Labute approximate surface area is 183 Å². The summed E-state index contributed by atoms with van der Waals surface area (Å²) in [5.41, 5.74) is 1.03. The lowest BCUT2D eigenvalue weighted by molar-refractivity contribution is -0.142. The monoisotopic (exact) mass is 478 g/mol. The van der Waals surface area contributed by atoms with Gasteiger partial charge in [0.2, 0.25) is 0 Å². The number of hydrogen-bond donors (Lipinski definition) is 2. The summed E-state index contributed by atoms with van der Waals surface area (Å²) in [7, 11) is 2.77. The summed E-state index contributed by atoms with van der Waals surface area (Å²) >= 11 is 3.34. The molecular weight excluding hydrogens is 456 g/mol. The van der Waals surface area contributed by atoms with Gasteiger partial charge in [0.05, 0.1) is 33.3 Å². The molecule has 2 aromatic rings. The molecule has 0 bridgehead atoms. The summed E-state index contributed by atoms with van der Waals surface area (Å²) in [5, 5.41) is 5.09. The number of methoxy groups -OCH3 is 2. The molecule has 8 nitrogen and oxygen atoms in total. The molecular formula is C21H23BrN2O6. The molecule has 2 aromatic carbocycles. The molecule has 30 heavy (non-hydrogen) atoms. The van der Waals surface area contributed by atoms with Crippen LogP contribution in [-0.2, 0) is 19.1 Å². The maximum Gasteiger partial charge on any atom is 0.313 e. The highest BCUT2D eigenvalue weighted by molar-refractivity contribution is 9.10. The van der Waals surface area contributed by atoms with Gasteiger partial charge in [0.15, 0.2) is 11.5 Å². The molecule has 9 heteroatoms. The van der Waals surface area contributed by atoms with Crippen molar-refractivity contribution < 1.29 is 28.6 Å². The lowest BCUT2D eigenvalue weighted by atomic mass is 10.0. The van der Waals surface area contributed by atoms with E-state index < -0.39 is 23.8 Å². The highest BCUT2D eigenvalue weighted by Crippen LogP contribution is 2.30. The van der Waals surface area contributed by atoms with Gasteiger partial charge in [-0.1, -0.05) is 28.1 Å². The maximum atomic E-state index is 12.5. The van der Waals surface area contributed by atoms with E-state index >= 15 is 0 Å². The summed E-state index contributed by atoms with van der Waals surface area (Å²) in [5.74, 6) is -1.33. The predicted octanol–water partition coefficient (Wildman–Crippen LogP) is 3.22. The van der Waals surface area contributed by atoms with E-state index in [1.807, 2.05) is 6.92 Å². The van der Waals surface area contributed by atoms with Crippen molar-refractivity contribution in [2.24, 2.45) is 0 Å². The number of carbonyl (C=O) groups excluding carboxylic acids is 3. The van der Waals surface area contributed by atoms with Crippen molar-refractivity contribution in [3.05, 3.63) is 52.5 Å². The van der Waals surface area contributed by atoms with E-state index in [2.05, 4.69) is 26.6 Å². The molecule has 0 spiro atoms. The Morgan fingerprint density at radius 2 is 1.70 bits per heavy atom. The lowest BCUT2D eigenvalue weighted by Crippen LogP contribution is -2.38. The molecule has 0 radical (unpaired) electrons. The first-order valence-corrected chi connectivity index (χ1v) is 9.92. The fraction of sp³-hybridized carbons (Fsp3) is 0.286. The molecule has 0 heterocycles. The van der Waals surface area contributed by atoms with Crippen LogP contribution in [0, 0.1) is 0 Å². The first kappa shape index (κ1) is 23.2. The van der Waals surface area contributed by atoms with E-state index in [1.54, 1.807) is 42.5 Å². The summed E-state index contributed by atoms with van der Waals surface area (Å²) in [6.07, 6.45) is -0.117. The number of hydrogen-bond acceptors (Lipinski definition) is 6. The van der Waals surface area contributed by atoms with Crippen molar-refractivity contribution in [1.82, 2.24) is 5.32 Å². The van der Waals surface area contributed by atoms with E-state index in [4.69, 9.17) is 14.2 Å². The lowest BCUT2D eigenvalue weighted by Gasteiger charge is -2.18. The topological polar surface area (TPSA) is 103 Å². The number of rotatable bonds is 8. The van der Waals surface area contributed by atoms with Gasteiger partial charge >= 0.3 is 17.8 Å². The van der Waals surface area contributed by atoms with Crippen molar-refractivity contribution in [1.29, 1.82) is 0 Å². The van der Waals surface area contributed by atoms with Gasteiger partial charge in [-0.15, -0.1) is 0 Å². The maximum absolute atomic E-state index is 12.5. The Hall–Kier alpha value is -3.07. The van der Waals surface area contributed by atoms with Gasteiger partial charge in [-0.05, 0) is 36.8 Å². The number of halogens is 1. The first-order chi connectivity index (χ1) is 14.4. The molecule has 0 aliphatic heterocycles. The highest BCUT2D eigenvalue weighted by atomic mass is 79.9. The van der Waals surface area contributed by atoms with Crippen LogP contribution in [0.25, 0.3) is 0 Å². The largest absolute Gasteiger partial charge is 0.493 e. The molecule has 2 rings (SSSR count).